The zero-order valence-corrected chi connectivity index (χ0v) is 13.4. The van der Waals surface area contributed by atoms with Crippen molar-refractivity contribution in [3.63, 3.8) is 0 Å². The molecule has 0 aliphatic heterocycles. The first-order valence-electron chi connectivity index (χ1n) is 6.86. The van der Waals surface area contributed by atoms with Crippen LogP contribution in [-0.2, 0) is 4.79 Å². The van der Waals surface area contributed by atoms with Crippen molar-refractivity contribution in [2.24, 2.45) is 0 Å². The van der Waals surface area contributed by atoms with Crippen molar-refractivity contribution >= 4 is 23.5 Å². The predicted octanol–water partition coefficient (Wildman–Crippen LogP) is 3.07. The van der Waals surface area contributed by atoms with E-state index in [1.54, 1.807) is 13.0 Å². The lowest BCUT2D eigenvalue weighted by Crippen LogP contribution is -2.14. The van der Waals surface area contributed by atoms with E-state index < -0.39 is 0 Å². The van der Waals surface area contributed by atoms with Crippen LogP contribution in [0, 0.1) is 13.8 Å². The zero-order chi connectivity index (χ0) is 16.2. The van der Waals surface area contributed by atoms with E-state index in [1.807, 2.05) is 31.2 Å². The van der Waals surface area contributed by atoms with Crippen molar-refractivity contribution in [2.75, 3.05) is 11.1 Å². The second-order valence-electron chi connectivity index (χ2n) is 4.90. The van der Waals surface area contributed by atoms with Gasteiger partial charge in [0.25, 0.3) is 5.22 Å². The van der Waals surface area contributed by atoms with Gasteiger partial charge in [-0.25, -0.2) is 0 Å². The summed E-state index contributed by atoms with van der Waals surface area (Å²) < 4.78 is 10.4. The Morgan fingerprint density at radius 1 is 1.26 bits per heavy atom. The Morgan fingerprint density at radius 2 is 2.13 bits per heavy atom. The van der Waals surface area contributed by atoms with Crippen molar-refractivity contribution in [3.05, 3.63) is 41.7 Å². The number of anilines is 1. The Kier molecular flexibility index (Phi) is 4.42. The van der Waals surface area contributed by atoms with E-state index in [0.29, 0.717) is 22.7 Å². The maximum atomic E-state index is 11.8. The fourth-order valence-corrected chi connectivity index (χ4v) is 2.46. The number of amides is 1. The van der Waals surface area contributed by atoms with Gasteiger partial charge in [-0.3, -0.25) is 4.79 Å². The van der Waals surface area contributed by atoms with Gasteiger partial charge in [0, 0.05) is 11.6 Å². The summed E-state index contributed by atoms with van der Waals surface area (Å²) in [5.74, 6) is 1.37. The Bertz CT molecular complexity index is 828. The SMILES string of the molecule is Cc1cccc(-c2nnc(SCC(=O)Nc3cc(C)on3)o2)c1. The molecule has 0 aliphatic carbocycles. The molecule has 7 nitrogen and oxygen atoms in total. The molecule has 0 saturated carbocycles. The van der Waals surface area contributed by atoms with Crippen LogP contribution < -0.4 is 5.32 Å². The predicted molar refractivity (Wildman–Crippen MR) is 85.1 cm³/mol. The number of aryl methyl sites for hydroxylation is 2. The van der Waals surface area contributed by atoms with Gasteiger partial charge in [0.2, 0.25) is 11.8 Å². The Balaban J connectivity index is 1.58. The quantitative estimate of drug-likeness (QED) is 0.718. The Morgan fingerprint density at radius 3 is 2.87 bits per heavy atom. The van der Waals surface area contributed by atoms with Crippen LogP contribution in [0.1, 0.15) is 11.3 Å². The summed E-state index contributed by atoms with van der Waals surface area (Å²) in [6, 6.07) is 9.42. The van der Waals surface area contributed by atoms with Gasteiger partial charge in [-0.15, -0.1) is 10.2 Å². The van der Waals surface area contributed by atoms with Crippen molar-refractivity contribution < 1.29 is 13.7 Å². The van der Waals surface area contributed by atoms with E-state index in [1.165, 1.54) is 0 Å². The molecule has 1 amide bonds. The van der Waals surface area contributed by atoms with Crippen LogP contribution in [0.3, 0.4) is 0 Å². The number of hydrogen-bond acceptors (Lipinski definition) is 7. The summed E-state index contributed by atoms with van der Waals surface area (Å²) in [6.45, 7) is 3.74. The number of hydrogen-bond donors (Lipinski definition) is 1. The molecule has 0 aliphatic rings. The minimum atomic E-state index is -0.224. The van der Waals surface area contributed by atoms with Crippen LogP contribution in [0.5, 0.6) is 0 Å². The molecule has 3 aromatic rings. The lowest BCUT2D eigenvalue weighted by molar-refractivity contribution is -0.113. The molecule has 0 fully saturated rings. The van der Waals surface area contributed by atoms with E-state index >= 15 is 0 Å². The van der Waals surface area contributed by atoms with Crippen molar-refractivity contribution in [2.45, 2.75) is 19.1 Å². The number of carbonyl (C=O) groups is 1. The van der Waals surface area contributed by atoms with Crippen LogP contribution in [0.2, 0.25) is 0 Å². The van der Waals surface area contributed by atoms with E-state index in [4.69, 9.17) is 8.94 Å². The molecular weight excluding hydrogens is 316 g/mol. The minimum absolute atomic E-state index is 0.140. The average Bonchev–Trinajstić information content (AvgIpc) is 3.14. The molecule has 0 bridgehead atoms. The second kappa shape index (κ2) is 6.66. The third kappa shape index (κ3) is 3.98. The van der Waals surface area contributed by atoms with Gasteiger partial charge in [-0.2, -0.15) is 0 Å². The number of aromatic nitrogens is 3. The fraction of sp³-hybridized carbons (Fsp3) is 0.200. The van der Waals surface area contributed by atoms with E-state index in [9.17, 15) is 4.79 Å². The molecule has 0 unspecified atom stereocenters. The highest BCUT2D eigenvalue weighted by molar-refractivity contribution is 7.99. The maximum absolute atomic E-state index is 11.8. The normalized spacial score (nSPS) is 10.7. The number of nitrogens with one attached hydrogen (secondary N) is 1. The van der Waals surface area contributed by atoms with Crippen molar-refractivity contribution in [1.82, 2.24) is 15.4 Å². The summed E-state index contributed by atoms with van der Waals surface area (Å²) in [5, 5.41) is 14.6. The molecule has 2 heterocycles. The Hall–Kier alpha value is -2.61. The Labute approximate surface area is 136 Å². The largest absolute Gasteiger partial charge is 0.411 e. The first-order chi connectivity index (χ1) is 11.1. The van der Waals surface area contributed by atoms with E-state index in [-0.39, 0.29) is 11.7 Å². The van der Waals surface area contributed by atoms with Gasteiger partial charge in [-0.1, -0.05) is 34.6 Å². The van der Waals surface area contributed by atoms with E-state index in [0.717, 1.165) is 22.9 Å². The zero-order valence-electron chi connectivity index (χ0n) is 12.6. The van der Waals surface area contributed by atoms with Crippen LogP contribution in [-0.4, -0.2) is 27.0 Å². The number of thioether (sulfide) groups is 1. The molecule has 0 radical (unpaired) electrons. The summed E-state index contributed by atoms with van der Waals surface area (Å²) in [6.07, 6.45) is 0. The van der Waals surface area contributed by atoms with Gasteiger partial charge in [-0.05, 0) is 26.0 Å². The summed E-state index contributed by atoms with van der Waals surface area (Å²) >= 11 is 1.16. The van der Waals surface area contributed by atoms with Crippen LogP contribution in [0.25, 0.3) is 11.5 Å². The number of carbonyl (C=O) groups excluding carboxylic acids is 1. The molecule has 1 aromatic carbocycles. The molecule has 1 N–H and O–H groups in total. The molecule has 23 heavy (non-hydrogen) atoms. The van der Waals surface area contributed by atoms with Crippen molar-refractivity contribution in [1.29, 1.82) is 0 Å². The summed E-state index contributed by atoms with van der Waals surface area (Å²) in [5.41, 5.74) is 1.96. The van der Waals surface area contributed by atoms with Crippen LogP contribution in [0.4, 0.5) is 5.82 Å². The second-order valence-corrected chi connectivity index (χ2v) is 5.83. The monoisotopic (exact) mass is 330 g/mol. The molecule has 118 valence electrons. The summed E-state index contributed by atoms with van der Waals surface area (Å²) in [4.78, 5) is 11.8. The van der Waals surface area contributed by atoms with Gasteiger partial charge < -0.3 is 14.3 Å². The highest BCUT2D eigenvalue weighted by Crippen LogP contribution is 2.23. The first-order valence-corrected chi connectivity index (χ1v) is 7.85. The number of benzene rings is 1. The van der Waals surface area contributed by atoms with Crippen molar-refractivity contribution in [3.8, 4) is 11.5 Å². The molecule has 0 atom stereocenters. The van der Waals surface area contributed by atoms with Crippen LogP contribution in [0.15, 0.2) is 44.5 Å². The maximum Gasteiger partial charge on any atom is 0.277 e. The minimum Gasteiger partial charge on any atom is -0.411 e. The van der Waals surface area contributed by atoms with E-state index in [2.05, 4.69) is 20.7 Å². The van der Waals surface area contributed by atoms with Gasteiger partial charge in [0.15, 0.2) is 5.82 Å². The molecule has 0 spiro atoms. The molecule has 2 aromatic heterocycles. The van der Waals surface area contributed by atoms with Gasteiger partial charge in [0.1, 0.15) is 5.76 Å². The topological polar surface area (TPSA) is 94.1 Å². The van der Waals surface area contributed by atoms with Gasteiger partial charge in [0.05, 0.1) is 5.75 Å². The smallest absolute Gasteiger partial charge is 0.277 e. The fourth-order valence-electron chi connectivity index (χ4n) is 1.89. The molecule has 3 rings (SSSR count). The highest BCUT2D eigenvalue weighted by Gasteiger charge is 2.12. The third-order valence-corrected chi connectivity index (χ3v) is 3.71. The molecular formula is C15H14N4O3S. The third-order valence-electron chi connectivity index (χ3n) is 2.89. The number of rotatable bonds is 5. The highest BCUT2D eigenvalue weighted by atomic mass is 32.2. The van der Waals surface area contributed by atoms with Crippen LogP contribution >= 0.6 is 11.8 Å². The molecule has 8 heteroatoms. The standard InChI is InChI=1S/C15H14N4O3S/c1-9-4-3-5-11(6-9)14-17-18-15(21-14)23-8-13(20)16-12-7-10(2)22-19-12/h3-7H,8H2,1-2H3,(H,16,19,20). The lowest BCUT2D eigenvalue weighted by Gasteiger charge is -1.98. The van der Waals surface area contributed by atoms with Gasteiger partial charge >= 0.3 is 0 Å². The average molecular weight is 330 g/mol. The molecule has 0 saturated heterocycles. The first kappa shape index (κ1) is 15.3. The lowest BCUT2D eigenvalue weighted by atomic mass is 10.1. The summed E-state index contributed by atoms with van der Waals surface area (Å²) in [7, 11) is 0. The number of nitrogens with zero attached hydrogens (tertiary/aromatic N) is 3.